The summed E-state index contributed by atoms with van der Waals surface area (Å²) in [6.07, 6.45) is 0. The number of imide groups is 1. The molecule has 0 aliphatic carbocycles. The molecule has 0 atom stereocenters. The van der Waals surface area contributed by atoms with Gasteiger partial charge in [0.05, 0.1) is 26.5 Å². The van der Waals surface area contributed by atoms with E-state index in [-0.39, 0.29) is 0 Å². The van der Waals surface area contributed by atoms with Crippen LogP contribution in [0.4, 0.5) is 23.7 Å². The zero-order valence-corrected chi connectivity index (χ0v) is 21.2. The van der Waals surface area contributed by atoms with Crippen LogP contribution in [0.1, 0.15) is 11.1 Å². The minimum Gasteiger partial charge on any atom is -0.497 e. The average Bonchev–Trinajstić information content (AvgIpc) is 3.22. The number of rotatable bonds is 9. The highest BCUT2D eigenvalue weighted by atomic mass is 19.2. The van der Waals surface area contributed by atoms with Crippen LogP contribution in [0, 0.1) is 17.5 Å². The Morgan fingerprint density at radius 2 is 1.38 bits per heavy atom. The van der Waals surface area contributed by atoms with Gasteiger partial charge < -0.3 is 25.4 Å². The lowest BCUT2D eigenvalue weighted by Gasteiger charge is -2.28. The number of carbonyl (C=O) groups is 4. The molecule has 0 unspecified atom stereocenters. The number of carbonyl (C=O) groups excluding carboxylic acids is 4. The van der Waals surface area contributed by atoms with Crippen LogP contribution in [0.3, 0.4) is 0 Å². The Morgan fingerprint density at radius 3 is 1.90 bits per heavy atom. The van der Waals surface area contributed by atoms with E-state index < -0.39 is 65.5 Å². The molecule has 0 bridgehead atoms. The molecular formula is C27H23F3N4O6. The van der Waals surface area contributed by atoms with Crippen LogP contribution in [0.2, 0.25) is 0 Å². The smallest absolute Gasteiger partial charge is 0.326 e. The summed E-state index contributed by atoms with van der Waals surface area (Å²) in [6.45, 7) is -1.45. The molecule has 0 aromatic heterocycles. The number of nitrogens with zero attached hydrogens (tertiary/aromatic N) is 1. The van der Waals surface area contributed by atoms with Gasteiger partial charge in [-0.15, -0.1) is 0 Å². The Kier molecular flexibility index (Phi) is 7.93. The third-order valence-corrected chi connectivity index (χ3v) is 6.21. The Morgan fingerprint density at radius 1 is 0.825 bits per heavy atom. The molecule has 4 rings (SSSR count). The molecule has 3 aromatic carbocycles. The van der Waals surface area contributed by atoms with Crippen molar-refractivity contribution in [3.8, 4) is 11.5 Å². The molecule has 3 N–H and O–H groups in total. The molecule has 208 valence electrons. The summed E-state index contributed by atoms with van der Waals surface area (Å²) < 4.78 is 50.6. The highest BCUT2D eigenvalue weighted by Gasteiger charge is 2.54. The van der Waals surface area contributed by atoms with E-state index in [0.29, 0.717) is 33.6 Å². The topological polar surface area (TPSA) is 126 Å². The molecule has 5 amide bonds. The predicted octanol–water partition coefficient (Wildman–Crippen LogP) is 2.67. The van der Waals surface area contributed by atoms with Gasteiger partial charge in [-0.1, -0.05) is 24.3 Å². The van der Waals surface area contributed by atoms with Gasteiger partial charge in [0.1, 0.15) is 18.0 Å². The van der Waals surface area contributed by atoms with E-state index in [1.54, 1.807) is 48.5 Å². The molecule has 3 aromatic rings. The fraction of sp³-hybridized carbons (Fsp3) is 0.185. The summed E-state index contributed by atoms with van der Waals surface area (Å²) in [5.41, 5.74) is -1.52. The molecule has 1 saturated heterocycles. The van der Waals surface area contributed by atoms with Gasteiger partial charge in [0, 0.05) is 0 Å². The van der Waals surface area contributed by atoms with Gasteiger partial charge in [-0.3, -0.25) is 19.3 Å². The van der Waals surface area contributed by atoms with Gasteiger partial charge in [0.25, 0.3) is 5.91 Å². The molecule has 13 heteroatoms. The third-order valence-electron chi connectivity index (χ3n) is 6.21. The van der Waals surface area contributed by atoms with E-state index >= 15 is 0 Å². The number of ether oxygens (including phenoxy) is 2. The Labute approximate surface area is 226 Å². The van der Waals surface area contributed by atoms with Gasteiger partial charge in [0.2, 0.25) is 11.8 Å². The van der Waals surface area contributed by atoms with Crippen molar-refractivity contribution in [3.63, 3.8) is 0 Å². The number of anilines is 1. The summed E-state index contributed by atoms with van der Waals surface area (Å²) in [5.74, 6) is -6.36. The lowest BCUT2D eigenvalue weighted by Crippen LogP contribution is -2.46. The molecule has 1 aliphatic rings. The minimum atomic E-state index is -1.77. The summed E-state index contributed by atoms with van der Waals surface area (Å²) in [7, 11) is 2.96. The van der Waals surface area contributed by atoms with Crippen molar-refractivity contribution >= 4 is 29.4 Å². The fourth-order valence-corrected chi connectivity index (χ4v) is 4.15. The molecule has 0 spiro atoms. The van der Waals surface area contributed by atoms with Gasteiger partial charge in [-0.05, 0) is 47.5 Å². The van der Waals surface area contributed by atoms with E-state index in [1.165, 1.54) is 14.2 Å². The SMILES string of the molecule is COc1ccc(C2(c3ccc(OC)cc3)NC(=O)N(CC(=O)NCC(=O)Nc3ccc(F)c(F)c3F)C2=O)cc1. The Bertz CT molecular complexity index is 1420. The van der Waals surface area contributed by atoms with Crippen LogP contribution in [-0.4, -0.2) is 56.0 Å². The summed E-state index contributed by atoms with van der Waals surface area (Å²) in [6, 6.07) is 13.5. The normalized spacial score (nSPS) is 14.0. The van der Waals surface area contributed by atoms with Crippen molar-refractivity contribution in [2.45, 2.75) is 5.54 Å². The maximum Gasteiger partial charge on any atom is 0.326 e. The Balaban J connectivity index is 1.51. The van der Waals surface area contributed by atoms with Crippen molar-refractivity contribution in [2.24, 2.45) is 0 Å². The standard InChI is InChI=1S/C27H23F3N4O6/c1-39-17-7-3-15(4-8-17)27(16-5-9-18(40-2)10-6-16)25(37)34(26(38)33-27)14-22(36)31-13-21(35)32-20-12-11-19(28)23(29)24(20)30/h3-12H,13-14H2,1-2H3,(H,31,36)(H,32,35)(H,33,38). The Hall–Kier alpha value is -5.07. The van der Waals surface area contributed by atoms with Crippen LogP contribution in [0.5, 0.6) is 11.5 Å². The van der Waals surface area contributed by atoms with Crippen LogP contribution < -0.4 is 25.4 Å². The first-order valence-corrected chi connectivity index (χ1v) is 11.7. The predicted molar refractivity (Wildman–Crippen MR) is 135 cm³/mol. The van der Waals surface area contributed by atoms with Gasteiger partial charge in [-0.2, -0.15) is 0 Å². The second-order valence-electron chi connectivity index (χ2n) is 8.58. The maximum absolute atomic E-state index is 13.8. The van der Waals surface area contributed by atoms with Gasteiger partial charge in [0.15, 0.2) is 23.0 Å². The number of nitrogens with one attached hydrogen (secondary N) is 3. The zero-order chi connectivity index (χ0) is 29.0. The fourth-order valence-electron chi connectivity index (χ4n) is 4.15. The summed E-state index contributed by atoms with van der Waals surface area (Å²) >= 11 is 0. The number of urea groups is 1. The molecular weight excluding hydrogens is 533 g/mol. The molecule has 0 radical (unpaired) electrons. The van der Waals surface area contributed by atoms with E-state index in [1.807, 2.05) is 5.32 Å². The molecule has 1 heterocycles. The number of hydrogen-bond acceptors (Lipinski definition) is 6. The maximum atomic E-state index is 13.8. The first-order chi connectivity index (χ1) is 19.1. The molecule has 40 heavy (non-hydrogen) atoms. The monoisotopic (exact) mass is 556 g/mol. The van der Waals surface area contributed by atoms with Gasteiger partial charge in [-0.25, -0.2) is 18.0 Å². The largest absolute Gasteiger partial charge is 0.497 e. The van der Waals surface area contributed by atoms with Crippen molar-refractivity contribution in [3.05, 3.63) is 89.2 Å². The van der Waals surface area contributed by atoms with E-state index in [4.69, 9.17) is 9.47 Å². The first kappa shape index (κ1) is 28.0. The molecule has 1 fully saturated rings. The van der Waals surface area contributed by atoms with Crippen LogP contribution >= 0.6 is 0 Å². The second-order valence-corrected chi connectivity index (χ2v) is 8.58. The van der Waals surface area contributed by atoms with Crippen molar-refractivity contribution in [1.29, 1.82) is 0 Å². The number of methoxy groups -OCH3 is 2. The highest BCUT2D eigenvalue weighted by molar-refractivity contribution is 6.11. The van der Waals surface area contributed by atoms with Crippen LogP contribution in [0.25, 0.3) is 0 Å². The van der Waals surface area contributed by atoms with Gasteiger partial charge >= 0.3 is 6.03 Å². The number of amides is 5. The highest BCUT2D eigenvalue weighted by Crippen LogP contribution is 2.37. The average molecular weight is 556 g/mol. The van der Waals surface area contributed by atoms with Crippen molar-refractivity contribution in [1.82, 2.24) is 15.5 Å². The number of benzene rings is 3. The molecule has 0 saturated carbocycles. The van der Waals surface area contributed by atoms with Crippen LogP contribution in [-0.2, 0) is 19.9 Å². The molecule has 10 nitrogen and oxygen atoms in total. The summed E-state index contributed by atoms with van der Waals surface area (Å²) in [4.78, 5) is 52.1. The van der Waals surface area contributed by atoms with Crippen LogP contribution in [0.15, 0.2) is 60.7 Å². The van der Waals surface area contributed by atoms with Crippen molar-refractivity contribution in [2.75, 3.05) is 32.6 Å². The zero-order valence-electron chi connectivity index (χ0n) is 21.2. The molecule has 1 aliphatic heterocycles. The second kappa shape index (κ2) is 11.4. The number of hydrogen-bond donors (Lipinski definition) is 3. The van der Waals surface area contributed by atoms with E-state index in [0.717, 1.165) is 6.07 Å². The first-order valence-electron chi connectivity index (χ1n) is 11.7. The number of halogens is 3. The van der Waals surface area contributed by atoms with E-state index in [9.17, 15) is 32.3 Å². The summed E-state index contributed by atoms with van der Waals surface area (Å²) in [5, 5.41) is 6.89. The van der Waals surface area contributed by atoms with Crippen molar-refractivity contribution < 1.29 is 41.8 Å². The third kappa shape index (κ3) is 5.25. The minimum absolute atomic E-state index is 0.396. The lowest BCUT2D eigenvalue weighted by molar-refractivity contribution is -0.134. The van der Waals surface area contributed by atoms with E-state index in [2.05, 4.69) is 10.6 Å². The quantitative estimate of drug-likeness (QED) is 0.275. The lowest BCUT2D eigenvalue weighted by atomic mass is 9.82.